The van der Waals surface area contributed by atoms with Crippen LogP contribution >= 0.6 is 0 Å². The van der Waals surface area contributed by atoms with E-state index in [4.69, 9.17) is 4.74 Å². The summed E-state index contributed by atoms with van der Waals surface area (Å²) in [7, 11) is 0. The Hall–Kier alpha value is -3.02. The molecule has 6 nitrogen and oxygen atoms in total. The summed E-state index contributed by atoms with van der Waals surface area (Å²) >= 11 is 0. The molecule has 2 aromatic carbocycles. The van der Waals surface area contributed by atoms with Crippen LogP contribution in [0, 0.1) is 16.0 Å². The van der Waals surface area contributed by atoms with E-state index < -0.39 is 35.1 Å². The SMILES string of the molecule is CCOC(=O)[C@H](C(=O)c1ccccc1)[C@@H](C[N+](=O)[O-])c1ccccc1. The minimum Gasteiger partial charge on any atom is -0.465 e. The van der Waals surface area contributed by atoms with E-state index in [0.29, 0.717) is 11.1 Å². The van der Waals surface area contributed by atoms with Gasteiger partial charge in [-0.05, 0) is 12.5 Å². The molecular formula is C19H19NO5. The summed E-state index contributed by atoms with van der Waals surface area (Å²) in [6, 6.07) is 16.9. The molecular weight excluding hydrogens is 322 g/mol. The second-order valence-electron chi connectivity index (χ2n) is 5.49. The summed E-state index contributed by atoms with van der Waals surface area (Å²) in [5, 5.41) is 11.2. The molecule has 0 bridgehead atoms. The van der Waals surface area contributed by atoms with Gasteiger partial charge in [-0.2, -0.15) is 0 Å². The van der Waals surface area contributed by atoms with Crippen LogP contribution in [-0.4, -0.2) is 29.8 Å². The number of hydrogen-bond acceptors (Lipinski definition) is 5. The Labute approximate surface area is 145 Å². The van der Waals surface area contributed by atoms with Crippen LogP contribution in [0.15, 0.2) is 60.7 Å². The van der Waals surface area contributed by atoms with E-state index in [1.165, 1.54) is 0 Å². The van der Waals surface area contributed by atoms with Gasteiger partial charge < -0.3 is 4.74 Å². The summed E-state index contributed by atoms with van der Waals surface area (Å²) in [6.07, 6.45) is 0. The van der Waals surface area contributed by atoms with Crippen molar-refractivity contribution in [3.05, 3.63) is 81.9 Å². The Balaban J connectivity index is 2.48. The van der Waals surface area contributed by atoms with Crippen LogP contribution in [-0.2, 0) is 9.53 Å². The molecule has 0 aromatic heterocycles. The van der Waals surface area contributed by atoms with E-state index in [1.807, 2.05) is 0 Å². The number of carbonyl (C=O) groups excluding carboxylic acids is 2. The summed E-state index contributed by atoms with van der Waals surface area (Å²) in [5.74, 6) is -3.39. The van der Waals surface area contributed by atoms with Gasteiger partial charge >= 0.3 is 5.97 Å². The summed E-state index contributed by atoms with van der Waals surface area (Å²) in [4.78, 5) is 36.1. The highest BCUT2D eigenvalue weighted by Crippen LogP contribution is 2.29. The fraction of sp³-hybridized carbons (Fsp3) is 0.263. The third-order valence-corrected chi connectivity index (χ3v) is 3.86. The van der Waals surface area contributed by atoms with Crippen molar-refractivity contribution < 1.29 is 19.2 Å². The minimum atomic E-state index is -1.27. The smallest absolute Gasteiger partial charge is 0.317 e. The first-order valence-electron chi connectivity index (χ1n) is 7.97. The summed E-state index contributed by atoms with van der Waals surface area (Å²) in [5.41, 5.74) is 0.881. The van der Waals surface area contributed by atoms with Crippen LogP contribution < -0.4 is 0 Å². The number of carbonyl (C=O) groups is 2. The van der Waals surface area contributed by atoms with Gasteiger partial charge in [0.15, 0.2) is 5.78 Å². The Morgan fingerprint density at radius 2 is 1.60 bits per heavy atom. The maximum absolute atomic E-state index is 12.9. The van der Waals surface area contributed by atoms with Crippen molar-refractivity contribution in [1.29, 1.82) is 0 Å². The molecule has 0 saturated carbocycles. The van der Waals surface area contributed by atoms with Crippen molar-refractivity contribution in [3.8, 4) is 0 Å². The van der Waals surface area contributed by atoms with Crippen LogP contribution in [0.4, 0.5) is 0 Å². The highest BCUT2D eigenvalue weighted by molar-refractivity contribution is 6.09. The van der Waals surface area contributed by atoms with Crippen LogP contribution in [0.3, 0.4) is 0 Å². The van der Waals surface area contributed by atoms with Crippen LogP contribution in [0.25, 0.3) is 0 Å². The zero-order valence-electron chi connectivity index (χ0n) is 13.8. The number of ether oxygens (including phenoxy) is 1. The minimum absolute atomic E-state index is 0.0946. The van der Waals surface area contributed by atoms with E-state index in [1.54, 1.807) is 67.6 Å². The van der Waals surface area contributed by atoms with Crippen molar-refractivity contribution >= 4 is 11.8 Å². The molecule has 0 spiro atoms. The molecule has 0 fully saturated rings. The first-order chi connectivity index (χ1) is 12.0. The fourth-order valence-corrected chi connectivity index (χ4v) is 2.73. The lowest BCUT2D eigenvalue weighted by Gasteiger charge is -2.22. The van der Waals surface area contributed by atoms with Gasteiger partial charge in [-0.1, -0.05) is 60.7 Å². The van der Waals surface area contributed by atoms with Gasteiger partial charge in [0.25, 0.3) is 0 Å². The van der Waals surface area contributed by atoms with Crippen molar-refractivity contribution in [2.24, 2.45) is 5.92 Å². The molecule has 6 heteroatoms. The summed E-state index contributed by atoms with van der Waals surface area (Å²) in [6.45, 7) is 1.19. The van der Waals surface area contributed by atoms with Crippen molar-refractivity contribution in [2.45, 2.75) is 12.8 Å². The number of hydrogen-bond donors (Lipinski definition) is 0. The largest absolute Gasteiger partial charge is 0.465 e. The maximum atomic E-state index is 12.9. The molecule has 0 heterocycles. The highest BCUT2D eigenvalue weighted by atomic mass is 16.6. The third-order valence-electron chi connectivity index (χ3n) is 3.86. The summed E-state index contributed by atoms with van der Waals surface area (Å²) < 4.78 is 5.05. The molecule has 0 aliphatic rings. The Bertz CT molecular complexity index is 730. The van der Waals surface area contributed by atoms with E-state index >= 15 is 0 Å². The Morgan fingerprint density at radius 3 is 2.12 bits per heavy atom. The first-order valence-corrected chi connectivity index (χ1v) is 7.97. The molecule has 0 aliphatic carbocycles. The number of rotatable bonds is 8. The van der Waals surface area contributed by atoms with E-state index in [-0.39, 0.29) is 6.61 Å². The fourth-order valence-electron chi connectivity index (χ4n) is 2.73. The van der Waals surface area contributed by atoms with Crippen molar-refractivity contribution in [3.63, 3.8) is 0 Å². The zero-order chi connectivity index (χ0) is 18.2. The van der Waals surface area contributed by atoms with Crippen molar-refractivity contribution in [2.75, 3.05) is 13.2 Å². The maximum Gasteiger partial charge on any atom is 0.317 e. The number of ketones is 1. The molecule has 0 amide bonds. The van der Waals surface area contributed by atoms with Crippen molar-refractivity contribution in [1.82, 2.24) is 0 Å². The van der Waals surface area contributed by atoms with Gasteiger partial charge in [-0.3, -0.25) is 19.7 Å². The number of benzene rings is 2. The Morgan fingerprint density at radius 1 is 1.04 bits per heavy atom. The van der Waals surface area contributed by atoms with Gasteiger partial charge in [0.1, 0.15) is 5.92 Å². The first kappa shape index (κ1) is 18.3. The van der Waals surface area contributed by atoms with E-state index in [9.17, 15) is 19.7 Å². The van der Waals surface area contributed by atoms with Crippen LogP contribution in [0.1, 0.15) is 28.8 Å². The third kappa shape index (κ3) is 4.73. The Kier molecular flexibility index (Phi) is 6.39. The van der Waals surface area contributed by atoms with Gasteiger partial charge in [0, 0.05) is 10.5 Å². The van der Waals surface area contributed by atoms with Gasteiger partial charge in [-0.25, -0.2) is 0 Å². The predicted octanol–water partition coefficient (Wildman–Crippen LogP) is 3.11. The average Bonchev–Trinajstić information content (AvgIpc) is 2.62. The topological polar surface area (TPSA) is 86.5 Å². The lowest BCUT2D eigenvalue weighted by Crippen LogP contribution is -2.35. The van der Waals surface area contributed by atoms with E-state index in [2.05, 4.69) is 0 Å². The molecule has 25 heavy (non-hydrogen) atoms. The lowest BCUT2D eigenvalue weighted by molar-refractivity contribution is -0.484. The van der Waals surface area contributed by atoms with Crippen LogP contribution in [0.5, 0.6) is 0 Å². The number of Topliss-reactive ketones (excluding diaryl/α,β-unsaturated/α-hetero) is 1. The normalized spacial score (nSPS) is 12.8. The molecule has 2 atom stereocenters. The predicted molar refractivity (Wildman–Crippen MR) is 91.9 cm³/mol. The second kappa shape index (κ2) is 8.73. The monoisotopic (exact) mass is 341 g/mol. The number of esters is 1. The molecule has 0 radical (unpaired) electrons. The standard InChI is InChI=1S/C19H19NO5/c1-2-25-19(22)17(18(21)15-11-7-4-8-12-15)16(13-20(23)24)14-9-5-3-6-10-14/h3-12,16-17H,2,13H2,1H3/t16-,17-/m0/s1. The van der Waals surface area contributed by atoms with Crippen LogP contribution in [0.2, 0.25) is 0 Å². The van der Waals surface area contributed by atoms with E-state index in [0.717, 1.165) is 0 Å². The molecule has 2 rings (SSSR count). The molecule has 0 N–H and O–H groups in total. The van der Waals surface area contributed by atoms with Gasteiger partial charge in [-0.15, -0.1) is 0 Å². The number of nitro groups is 1. The molecule has 0 aliphatic heterocycles. The quantitative estimate of drug-likeness (QED) is 0.242. The second-order valence-corrected chi connectivity index (χ2v) is 5.49. The zero-order valence-corrected chi connectivity index (χ0v) is 13.8. The highest BCUT2D eigenvalue weighted by Gasteiger charge is 2.40. The van der Waals surface area contributed by atoms with Gasteiger partial charge in [0.05, 0.1) is 12.5 Å². The van der Waals surface area contributed by atoms with Gasteiger partial charge in [0.2, 0.25) is 6.54 Å². The number of nitrogens with zero attached hydrogens (tertiary/aromatic N) is 1. The molecule has 2 aromatic rings. The molecule has 0 unspecified atom stereocenters. The molecule has 130 valence electrons. The molecule has 0 saturated heterocycles. The lowest BCUT2D eigenvalue weighted by atomic mass is 9.81. The average molecular weight is 341 g/mol.